The zero-order valence-corrected chi connectivity index (χ0v) is 21.9. The van der Waals surface area contributed by atoms with Crippen molar-refractivity contribution >= 4 is 29.0 Å². The molecule has 39 heavy (non-hydrogen) atoms. The molecule has 1 atom stereocenters. The van der Waals surface area contributed by atoms with E-state index in [0.717, 1.165) is 13.1 Å². The van der Waals surface area contributed by atoms with Gasteiger partial charge in [0.1, 0.15) is 19.0 Å². The zero-order chi connectivity index (χ0) is 27.1. The van der Waals surface area contributed by atoms with E-state index in [1.165, 1.54) is 4.90 Å². The maximum absolute atomic E-state index is 14.3. The van der Waals surface area contributed by atoms with Gasteiger partial charge in [-0.1, -0.05) is 18.2 Å². The Kier molecular flexibility index (Phi) is 6.52. The summed E-state index contributed by atoms with van der Waals surface area (Å²) in [6.07, 6.45) is 0.556. The van der Waals surface area contributed by atoms with E-state index in [1.54, 1.807) is 35.2 Å². The van der Waals surface area contributed by atoms with E-state index < -0.39 is 28.9 Å². The Morgan fingerprint density at radius 3 is 2.46 bits per heavy atom. The Labute approximate surface area is 226 Å². The van der Waals surface area contributed by atoms with Crippen LogP contribution in [0.5, 0.6) is 11.5 Å². The summed E-state index contributed by atoms with van der Waals surface area (Å²) in [6, 6.07) is 12.0. The molecule has 0 bridgehead atoms. The number of aliphatic hydroxyl groups is 1. The average molecular weight is 534 g/mol. The highest BCUT2D eigenvalue weighted by Crippen LogP contribution is 2.53. The number of amides is 2. The van der Waals surface area contributed by atoms with Gasteiger partial charge in [-0.05, 0) is 37.6 Å². The van der Waals surface area contributed by atoms with Gasteiger partial charge in [-0.15, -0.1) is 0 Å². The average Bonchev–Trinajstić information content (AvgIpc) is 3.35. The third-order valence-corrected chi connectivity index (χ3v) is 7.90. The number of Topliss-reactive ketones (excluding diaryl/α,β-unsaturated/α-hetero) is 1. The van der Waals surface area contributed by atoms with E-state index in [1.807, 2.05) is 19.1 Å². The molecule has 0 aliphatic carbocycles. The van der Waals surface area contributed by atoms with E-state index in [-0.39, 0.29) is 17.7 Å². The molecule has 6 rings (SSSR count). The van der Waals surface area contributed by atoms with Gasteiger partial charge in [0.05, 0.1) is 24.5 Å². The number of hydrogen-bond donors (Lipinski definition) is 1. The van der Waals surface area contributed by atoms with Crippen LogP contribution in [0.25, 0.3) is 5.76 Å². The molecule has 0 radical (unpaired) electrons. The highest BCUT2D eigenvalue weighted by Gasteiger charge is 2.66. The van der Waals surface area contributed by atoms with Crippen LogP contribution in [-0.2, 0) is 24.7 Å². The number of benzene rings is 2. The summed E-state index contributed by atoms with van der Waals surface area (Å²) in [5.41, 5.74) is -0.572. The van der Waals surface area contributed by atoms with E-state index in [4.69, 9.17) is 14.2 Å². The van der Waals surface area contributed by atoms with Gasteiger partial charge in [0, 0.05) is 43.9 Å². The van der Waals surface area contributed by atoms with Gasteiger partial charge in [-0.25, -0.2) is 0 Å². The number of carbonyl (C=O) groups excluding carboxylic acids is 3. The lowest BCUT2D eigenvalue weighted by atomic mass is 9.81. The molecule has 204 valence electrons. The predicted molar refractivity (Wildman–Crippen MR) is 142 cm³/mol. The van der Waals surface area contributed by atoms with Crippen molar-refractivity contribution in [2.45, 2.75) is 18.9 Å². The quantitative estimate of drug-likeness (QED) is 0.342. The number of aliphatic hydroxyl groups excluding tert-OH is 1. The lowest BCUT2D eigenvalue weighted by molar-refractivity contribution is -0.143. The third kappa shape index (κ3) is 3.89. The number of rotatable bonds is 6. The van der Waals surface area contributed by atoms with Crippen LogP contribution in [0.4, 0.5) is 5.69 Å². The summed E-state index contributed by atoms with van der Waals surface area (Å²) < 4.78 is 16.7. The summed E-state index contributed by atoms with van der Waals surface area (Å²) in [4.78, 5) is 46.9. The smallest absolute Gasteiger partial charge is 0.296 e. The maximum Gasteiger partial charge on any atom is 0.296 e. The van der Waals surface area contributed by atoms with Crippen molar-refractivity contribution in [2.75, 3.05) is 64.1 Å². The van der Waals surface area contributed by atoms with E-state index in [2.05, 4.69) is 4.90 Å². The number of nitrogens with zero attached hydrogens (tertiary/aromatic N) is 3. The minimum absolute atomic E-state index is 0.178. The standard InChI is InChI=1S/C29H31N3O7/c1-2-31-21-7-4-3-6-20(21)29(28(31)36)24(25(33)19-8-9-22-23(18-19)39-17-16-38-22)26(34)27(35)32(29)11-5-10-30-12-14-37-15-13-30/h3-4,6-9,18,33H,2,5,10-17H2,1H3/b25-24-. The van der Waals surface area contributed by atoms with E-state index >= 15 is 0 Å². The number of hydrogen-bond acceptors (Lipinski definition) is 8. The van der Waals surface area contributed by atoms with Crippen LogP contribution in [0.15, 0.2) is 48.0 Å². The summed E-state index contributed by atoms with van der Waals surface area (Å²) in [5.74, 6) is -1.56. The number of likely N-dealkylation sites (tertiary alicyclic amines) is 1. The molecule has 4 aliphatic rings. The zero-order valence-electron chi connectivity index (χ0n) is 21.9. The lowest BCUT2D eigenvalue weighted by Gasteiger charge is -2.35. The summed E-state index contributed by atoms with van der Waals surface area (Å²) in [6.45, 7) is 6.71. The van der Waals surface area contributed by atoms with Crippen molar-refractivity contribution in [3.8, 4) is 11.5 Å². The molecule has 1 N–H and O–H groups in total. The second kappa shape index (κ2) is 10.0. The molecular formula is C29H31N3O7. The van der Waals surface area contributed by atoms with Crippen LogP contribution in [0.2, 0.25) is 0 Å². The number of carbonyl (C=O) groups is 3. The third-order valence-electron chi connectivity index (χ3n) is 7.90. The van der Waals surface area contributed by atoms with Gasteiger partial charge in [0.25, 0.3) is 17.6 Å². The Morgan fingerprint density at radius 1 is 0.949 bits per heavy atom. The van der Waals surface area contributed by atoms with Gasteiger partial charge in [-0.2, -0.15) is 0 Å². The monoisotopic (exact) mass is 533 g/mol. The molecule has 0 aromatic heterocycles. The number of fused-ring (bicyclic) bond motifs is 3. The van der Waals surface area contributed by atoms with Crippen molar-refractivity contribution in [1.82, 2.24) is 9.80 Å². The predicted octanol–water partition coefficient (Wildman–Crippen LogP) is 2.12. The van der Waals surface area contributed by atoms with Gasteiger partial charge >= 0.3 is 0 Å². The first-order valence-corrected chi connectivity index (χ1v) is 13.4. The van der Waals surface area contributed by atoms with Crippen LogP contribution in [-0.4, -0.2) is 91.7 Å². The Morgan fingerprint density at radius 2 is 1.69 bits per heavy atom. The molecule has 10 heteroatoms. The first kappa shape index (κ1) is 25.4. The molecule has 2 saturated heterocycles. The van der Waals surface area contributed by atoms with Crippen LogP contribution < -0.4 is 14.4 Å². The van der Waals surface area contributed by atoms with Crippen LogP contribution in [0.3, 0.4) is 0 Å². The fraction of sp³-hybridized carbons (Fsp3) is 0.414. The fourth-order valence-corrected chi connectivity index (χ4v) is 6.09. The topological polar surface area (TPSA) is 109 Å². The lowest BCUT2D eigenvalue weighted by Crippen LogP contribution is -2.52. The highest BCUT2D eigenvalue weighted by molar-refractivity contribution is 6.50. The van der Waals surface area contributed by atoms with Crippen molar-refractivity contribution in [2.24, 2.45) is 0 Å². The Hall–Kier alpha value is -3.89. The number of ketones is 1. The number of morpholine rings is 1. The molecule has 2 amide bonds. The van der Waals surface area contributed by atoms with Crippen molar-refractivity contribution in [3.63, 3.8) is 0 Å². The van der Waals surface area contributed by atoms with Gasteiger partial charge < -0.3 is 29.1 Å². The van der Waals surface area contributed by atoms with Crippen molar-refractivity contribution < 1.29 is 33.7 Å². The highest BCUT2D eigenvalue weighted by atomic mass is 16.6. The molecule has 4 heterocycles. The minimum atomic E-state index is -1.76. The normalized spacial score (nSPS) is 24.1. The largest absolute Gasteiger partial charge is 0.507 e. The Balaban J connectivity index is 1.48. The SMILES string of the molecule is CCN1C(=O)C2(/C(=C(\O)c3ccc4c(c3)OCCO4)C(=O)C(=O)N2CCCN2CCOCC2)c2ccccc21. The molecular weight excluding hydrogens is 502 g/mol. The van der Waals surface area contributed by atoms with Crippen LogP contribution >= 0.6 is 0 Å². The number of ether oxygens (including phenoxy) is 3. The maximum atomic E-state index is 14.3. The second-order valence-corrected chi connectivity index (χ2v) is 9.95. The molecule has 0 saturated carbocycles. The van der Waals surface area contributed by atoms with Crippen LogP contribution in [0, 0.1) is 0 Å². The first-order valence-electron chi connectivity index (χ1n) is 13.4. The number of likely N-dealkylation sites (N-methyl/N-ethyl adjacent to an activating group) is 1. The van der Waals surface area contributed by atoms with Gasteiger partial charge in [0.15, 0.2) is 17.0 Å². The second-order valence-electron chi connectivity index (χ2n) is 9.95. The molecule has 1 unspecified atom stereocenters. The first-order chi connectivity index (χ1) is 19.0. The Bertz CT molecular complexity index is 1370. The molecule has 1 spiro atoms. The summed E-state index contributed by atoms with van der Waals surface area (Å²) in [5, 5.41) is 11.7. The van der Waals surface area contributed by atoms with E-state index in [0.29, 0.717) is 68.7 Å². The minimum Gasteiger partial charge on any atom is -0.507 e. The molecule has 4 aliphatic heterocycles. The summed E-state index contributed by atoms with van der Waals surface area (Å²) in [7, 11) is 0. The molecule has 2 fully saturated rings. The number of anilines is 1. The fourth-order valence-electron chi connectivity index (χ4n) is 6.09. The van der Waals surface area contributed by atoms with Crippen molar-refractivity contribution in [3.05, 3.63) is 59.2 Å². The number of para-hydroxylation sites is 1. The van der Waals surface area contributed by atoms with Gasteiger partial charge in [-0.3, -0.25) is 19.3 Å². The summed E-state index contributed by atoms with van der Waals surface area (Å²) >= 11 is 0. The molecule has 2 aromatic carbocycles. The van der Waals surface area contributed by atoms with Gasteiger partial charge in [0.2, 0.25) is 0 Å². The molecule has 10 nitrogen and oxygen atoms in total. The molecule has 2 aromatic rings. The van der Waals surface area contributed by atoms with Crippen LogP contribution in [0.1, 0.15) is 24.5 Å². The van der Waals surface area contributed by atoms with E-state index in [9.17, 15) is 19.5 Å². The van der Waals surface area contributed by atoms with Crippen molar-refractivity contribution in [1.29, 1.82) is 0 Å².